The van der Waals surface area contributed by atoms with Gasteiger partial charge in [0.25, 0.3) is 0 Å². The molecule has 0 unspecified atom stereocenters. The van der Waals surface area contributed by atoms with Gasteiger partial charge in [-0.05, 0) is 19.4 Å². The molecule has 1 aromatic carbocycles. The molecule has 0 fully saturated rings. The Morgan fingerprint density at radius 1 is 1.25 bits per heavy atom. The van der Waals surface area contributed by atoms with Crippen molar-refractivity contribution in [3.8, 4) is 5.75 Å². The van der Waals surface area contributed by atoms with Crippen LogP contribution in [0.25, 0.3) is 0 Å². The van der Waals surface area contributed by atoms with Gasteiger partial charge in [0.2, 0.25) is 0 Å². The van der Waals surface area contributed by atoms with Crippen molar-refractivity contribution in [1.82, 2.24) is 15.2 Å². The summed E-state index contributed by atoms with van der Waals surface area (Å²) < 4.78 is 5.47. The number of pyridine rings is 1. The smallest absolute Gasteiger partial charge is 0.194 e. The summed E-state index contributed by atoms with van der Waals surface area (Å²) in [5.41, 5.74) is 4.32. The van der Waals surface area contributed by atoms with Gasteiger partial charge in [-0.25, -0.2) is 0 Å². The van der Waals surface area contributed by atoms with Crippen molar-refractivity contribution >= 4 is 5.96 Å². The van der Waals surface area contributed by atoms with E-state index in [1.165, 1.54) is 5.56 Å². The van der Waals surface area contributed by atoms with Crippen molar-refractivity contribution in [2.24, 2.45) is 4.99 Å². The van der Waals surface area contributed by atoms with Gasteiger partial charge in [-0.1, -0.05) is 30.3 Å². The van der Waals surface area contributed by atoms with E-state index in [9.17, 15) is 0 Å². The van der Waals surface area contributed by atoms with Gasteiger partial charge in [-0.2, -0.15) is 0 Å². The van der Waals surface area contributed by atoms with Crippen LogP contribution in [0.2, 0.25) is 0 Å². The van der Waals surface area contributed by atoms with Gasteiger partial charge in [0.1, 0.15) is 5.75 Å². The number of methoxy groups -OCH3 is 1. The van der Waals surface area contributed by atoms with Crippen LogP contribution in [0.15, 0.2) is 41.5 Å². The minimum Gasteiger partial charge on any atom is -0.496 e. The highest BCUT2D eigenvalue weighted by molar-refractivity contribution is 5.79. The van der Waals surface area contributed by atoms with Gasteiger partial charge >= 0.3 is 0 Å². The third-order valence-electron chi connectivity index (χ3n) is 4.00. The van der Waals surface area contributed by atoms with Crippen molar-refractivity contribution in [3.63, 3.8) is 0 Å². The van der Waals surface area contributed by atoms with E-state index in [-0.39, 0.29) is 0 Å². The van der Waals surface area contributed by atoms with Crippen LogP contribution in [0.4, 0.5) is 0 Å². The maximum atomic E-state index is 5.47. The molecule has 0 aliphatic heterocycles. The number of benzene rings is 1. The summed E-state index contributed by atoms with van der Waals surface area (Å²) in [5.74, 6) is 1.73. The molecule has 0 aliphatic rings. The van der Waals surface area contributed by atoms with Gasteiger partial charge in [-0.3, -0.25) is 9.98 Å². The van der Waals surface area contributed by atoms with Crippen molar-refractivity contribution in [2.45, 2.75) is 26.9 Å². The average molecular weight is 326 g/mol. The van der Waals surface area contributed by atoms with E-state index in [1.807, 2.05) is 45.3 Å². The molecule has 0 aliphatic carbocycles. The molecular formula is C19H26N4O. The van der Waals surface area contributed by atoms with Gasteiger partial charge in [0.05, 0.1) is 19.3 Å². The number of ether oxygens (including phenoxy) is 1. The lowest BCUT2D eigenvalue weighted by Crippen LogP contribution is -2.38. The molecule has 0 atom stereocenters. The minimum absolute atomic E-state index is 0.605. The third kappa shape index (κ3) is 4.25. The zero-order valence-corrected chi connectivity index (χ0v) is 15.1. The highest BCUT2D eigenvalue weighted by Gasteiger charge is 2.11. The molecule has 1 aromatic heterocycles. The fourth-order valence-corrected chi connectivity index (χ4v) is 2.73. The van der Waals surface area contributed by atoms with Gasteiger partial charge < -0.3 is 15.0 Å². The number of hydrogen-bond acceptors (Lipinski definition) is 3. The van der Waals surface area contributed by atoms with Crippen LogP contribution in [0.3, 0.4) is 0 Å². The Labute approximate surface area is 144 Å². The number of aliphatic imine (C=N–C) groups is 1. The predicted molar refractivity (Wildman–Crippen MR) is 98.4 cm³/mol. The lowest BCUT2D eigenvalue weighted by molar-refractivity contribution is 0.406. The SMILES string of the molecule is CN=C(NCc1ncc(C)c(OC)c1C)N(C)Cc1ccccc1. The molecule has 128 valence electrons. The summed E-state index contributed by atoms with van der Waals surface area (Å²) in [4.78, 5) is 11.0. The van der Waals surface area contributed by atoms with Crippen LogP contribution in [0.5, 0.6) is 5.75 Å². The van der Waals surface area contributed by atoms with Crippen LogP contribution in [-0.2, 0) is 13.1 Å². The normalized spacial score (nSPS) is 11.3. The maximum absolute atomic E-state index is 5.47. The second-order valence-electron chi connectivity index (χ2n) is 5.79. The first kappa shape index (κ1) is 17.8. The first-order valence-corrected chi connectivity index (χ1v) is 8.01. The first-order valence-electron chi connectivity index (χ1n) is 8.01. The molecule has 5 nitrogen and oxygen atoms in total. The third-order valence-corrected chi connectivity index (χ3v) is 4.00. The summed E-state index contributed by atoms with van der Waals surface area (Å²) in [7, 11) is 5.51. The van der Waals surface area contributed by atoms with E-state index in [4.69, 9.17) is 4.74 Å². The Bertz CT molecular complexity index is 698. The molecule has 2 rings (SSSR count). The quantitative estimate of drug-likeness (QED) is 0.678. The van der Waals surface area contributed by atoms with Gasteiger partial charge in [0.15, 0.2) is 5.96 Å². The predicted octanol–water partition coefficient (Wildman–Crippen LogP) is 2.91. The van der Waals surface area contributed by atoms with Gasteiger partial charge in [-0.15, -0.1) is 0 Å². The van der Waals surface area contributed by atoms with Crippen LogP contribution >= 0.6 is 0 Å². The van der Waals surface area contributed by atoms with E-state index >= 15 is 0 Å². The van der Waals surface area contributed by atoms with E-state index < -0.39 is 0 Å². The second-order valence-corrected chi connectivity index (χ2v) is 5.79. The van der Waals surface area contributed by atoms with Gasteiger partial charge in [0, 0.05) is 38.0 Å². The summed E-state index contributed by atoms with van der Waals surface area (Å²) in [6.07, 6.45) is 1.85. The molecule has 1 N–H and O–H groups in total. The van der Waals surface area contributed by atoms with Crippen molar-refractivity contribution in [1.29, 1.82) is 0 Å². The fourth-order valence-electron chi connectivity index (χ4n) is 2.73. The minimum atomic E-state index is 0.605. The number of guanidine groups is 1. The van der Waals surface area contributed by atoms with E-state index in [0.717, 1.165) is 35.1 Å². The number of rotatable bonds is 5. The van der Waals surface area contributed by atoms with Crippen LogP contribution < -0.4 is 10.1 Å². The molecular weight excluding hydrogens is 300 g/mol. The van der Waals surface area contributed by atoms with E-state index in [1.54, 1.807) is 14.2 Å². The Morgan fingerprint density at radius 3 is 2.58 bits per heavy atom. The lowest BCUT2D eigenvalue weighted by atomic mass is 10.1. The molecule has 5 heteroatoms. The monoisotopic (exact) mass is 326 g/mol. The van der Waals surface area contributed by atoms with Crippen molar-refractivity contribution in [3.05, 3.63) is 58.9 Å². The largest absolute Gasteiger partial charge is 0.496 e. The highest BCUT2D eigenvalue weighted by atomic mass is 16.5. The molecule has 1 heterocycles. The Kier molecular flexibility index (Phi) is 6.18. The molecule has 0 radical (unpaired) electrons. The summed E-state index contributed by atoms with van der Waals surface area (Å²) >= 11 is 0. The Balaban J connectivity index is 2.04. The topological polar surface area (TPSA) is 49.8 Å². The average Bonchev–Trinajstić information content (AvgIpc) is 2.58. The number of nitrogens with one attached hydrogen (secondary N) is 1. The standard InChI is InChI=1S/C19H26N4O/c1-14-11-21-17(15(2)18(14)24-5)12-22-19(20-3)23(4)13-16-9-7-6-8-10-16/h6-11H,12-13H2,1-5H3,(H,20,22). The summed E-state index contributed by atoms with van der Waals surface area (Å²) in [6, 6.07) is 10.3. The summed E-state index contributed by atoms with van der Waals surface area (Å²) in [6.45, 7) is 5.44. The molecule has 0 spiro atoms. The molecule has 0 amide bonds. The van der Waals surface area contributed by atoms with Crippen molar-refractivity contribution < 1.29 is 4.74 Å². The molecule has 0 saturated heterocycles. The van der Waals surface area contributed by atoms with Crippen LogP contribution in [0.1, 0.15) is 22.4 Å². The molecule has 2 aromatic rings. The highest BCUT2D eigenvalue weighted by Crippen LogP contribution is 2.23. The van der Waals surface area contributed by atoms with E-state index in [0.29, 0.717) is 6.54 Å². The molecule has 0 bridgehead atoms. The Morgan fingerprint density at radius 2 is 1.96 bits per heavy atom. The van der Waals surface area contributed by atoms with E-state index in [2.05, 4.69) is 32.3 Å². The number of nitrogens with zero attached hydrogens (tertiary/aromatic N) is 3. The maximum Gasteiger partial charge on any atom is 0.194 e. The number of hydrogen-bond donors (Lipinski definition) is 1. The summed E-state index contributed by atoms with van der Waals surface area (Å²) in [5, 5.41) is 3.38. The van der Waals surface area contributed by atoms with Crippen molar-refractivity contribution in [2.75, 3.05) is 21.2 Å². The number of aryl methyl sites for hydroxylation is 1. The zero-order chi connectivity index (χ0) is 17.5. The first-order chi connectivity index (χ1) is 11.6. The zero-order valence-electron chi connectivity index (χ0n) is 15.1. The van der Waals surface area contributed by atoms with Crippen LogP contribution in [-0.4, -0.2) is 37.0 Å². The molecule has 0 saturated carbocycles. The lowest BCUT2D eigenvalue weighted by Gasteiger charge is -2.22. The Hall–Kier alpha value is -2.56. The number of aromatic nitrogens is 1. The second kappa shape index (κ2) is 8.34. The fraction of sp³-hybridized carbons (Fsp3) is 0.368. The molecule has 24 heavy (non-hydrogen) atoms. The van der Waals surface area contributed by atoms with Crippen LogP contribution in [0, 0.1) is 13.8 Å².